The number of rotatable bonds is 1. The molecule has 2 nitrogen and oxygen atoms in total. The number of carbonyl (C=O) groups is 1. The van der Waals surface area contributed by atoms with Crippen molar-refractivity contribution >= 4 is 52.4 Å². The van der Waals surface area contributed by atoms with Gasteiger partial charge in [0, 0.05) is 0 Å². The molecule has 0 aromatic rings. The van der Waals surface area contributed by atoms with Crippen LogP contribution in [0.4, 0.5) is 0 Å². The molecular formula is C9H10Cl4O2. The highest BCUT2D eigenvalue weighted by Crippen LogP contribution is 2.97. The summed E-state index contributed by atoms with van der Waals surface area (Å²) in [6.07, 6.45) is 0. The van der Waals surface area contributed by atoms with Gasteiger partial charge in [-0.15, -0.1) is 0 Å². The van der Waals surface area contributed by atoms with Crippen LogP contribution >= 0.6 is 46.4 Å². The minimum atomic E-state index is -1.29. The second-order valence-electron chi connectivity index (χ2n) is 4.63. The maximum absolute atomic E-state index is 11.6. The molecule has 1 spiro atoms. The van der Waals surface area contributed by atoms with Gasteiger partial charge in [-0.05, 0) is 5.41 Å². The van der Waals surface area contributed by atoms with Crippen molar-refractivity contribution in [3.63, 3.8) is 0 Å². The van der Waals surface area contributed by atoms with Crippen molar-refractivity contribution in [3.05, 3.63) is 0 Å². The van der Waals surface area contributed by atoms with E-state index in [1.165, 1.54) is 7.11 Å². The number of esters is 1. The highest BCUT2D eigenvalue weighted by atomic mass is 35.5. The standard InChI is InChI=1S/C9H10Cl4O2/c1-6(2)4(5(14)15-3)7(6)8(10,11)9(7,12)13/h4H,1-3H3. The molecule has 0 N–H and O–H groups in total. The van der Waals surface area contributed by atoms with Crippen LogP contribution in [0.1, 0.15) is 13.8 Å². The van der Waals surface area contributed by atoms with Crippen molar-refractivity contribution in [2.24, 2.45) is 16.7 Å². The second kappa shape index (κ2) is 2.72. The van der Waals surface area contributed by atoms with E-state index in [1.807, 2.05) is 13.8 Å². The highest BCUT2D eigenvalue weighted by molar-refractivity contribution is 6.70. The smallest absolute Gasteiger partial charge is 0.310 e. The number of ether oxygens (including phenoxy) is 1. The van der Waals surface area contributed by atoms with Crippen LogP contribution in [0.25, 0.3) is 0 Å². The molecule has 2 saturated carbocycles. The molecule has 1 atom stereocenters. The highest BCUT2D eigenvalue weighted by Gasteiger charge is 3.05. The number of carbonyl (C=O) groups excluding carboxylic acids is 1. The zero-order chi connectivity index (χ0) is 11.9. The zero-order valence-electron chi connectivity index (χ0n) is 8.41. The number of alkyl halides is 4. The quantitative estimate of drug-likeness (QED) is 0.548. The fourth-order valence-electron chi connectivity index (χ4n) is 2.96. The molecule has 6 heteroatoms. The summed E-state index contributed by atoms with van der Waals surface area (Å²) in [6.45, 7) is 3.72. The topological polar surface area (TPSA) is 26.3 Å². The Bertz CT molecular complexity index is 334. The first kappa shape index (κ1) is 12.1. The maximum Gasteiger partial charge on any atom is 0.310 e. The second-order valence-corrected chi connectivity index (χ2v) is 7.29. The first-order chi connectivity index (χ1) is 6.60. The van der Waals surface area contributed by atoms with Crippen LogP contribution in [0.2, 0.25) is 0 Å². The molecule has 1 unspecified atom stereocenters. The molecule has 2 fully saturated rings. The summed E-state index contributed by atoms with van der Waals surface area (Å²) < 4.78 is 2.13. The van der Waals surface area contributed by atoms with Gasteiger partial charge in [-0.25, -0.2) is 0 Å². The molecule has 2 rings (SSSR count). The SMILES string of the molecule is COC(=O)C1C(C)(C)C12C(Cl)(Cl)C2(Cl)Cl. The van der Waals surface area contributed by atoms with Crippen LogP contribution in [0.3, 0.4) is 0 Å². The number of methoxy groups -OCH3 is 1. The molecule has 86 valence electrons. The predicted molar refractivity (Wildman–Crippen MR) is 60.6 cm³/mol. The molecule has 0 saturated heterocycles. The molecule has 0 heterocycles. The van der Waals surface area contributed by atoms with E-state index in [2.05, 4.69) is 0 Å². The van der Waals surface area contributed by atoms with Gasteiger partial charge < -0.3 is 4.74 Å². The number of halogens is 4. The van der Waals surface area contributed by atoms with E-state index in [-0.39, 0.29) is 5.97 Å². The van der Waals surface area contributed by atoms with E-state index >= 15 is 0 Å². The van der Waals surface area contributed by atoms with Gasteiger partial charge in [0.1, 0.15) is 0 Å². The van der Waals surface area contributed by atoms with E-state index in [0.717, 1.165) is 0 Å². The molecular weight excluding hydrogens is 282 g/mol. The predicted octanol–water partition coefficient (Wildman–Crippen LogP) is 3.16. The monoisotopic (exact) mass is 290 g/mol. The van der Waals surface area contributed by atoms with E-state index in [4.69, 9.17) is 51.1 Å². The number of hydrogen-bond donors (Lipinski definition) is 0. The maximum atomic E-state index is 11.6. The molecule has 0 radical (unpaired) electrons. The Morgan fingerprint density at radius 1 is 1.13 bits per heavy atom. The molecule has 0 aromatic carbocycles. The van der Waals surface area contributed by atoms with Crippen LogP contribution in [-0.2, 0) is 9.53 Å². The van der Waals surface area contributed by atoms with Gasteiger partial charge in [0.2, 0.25) is 0 Å². The summed E-state index contributed by atoms with van der Waals surface area (Å²) in [7, 11) is 1.32. The first-order valence-electron chi connectivity index (χ1n) is 4.44. The summed E-state index contributed by atoms with van der Waals surface area (Å²) in [5.74, 6) is -0.811. The van der Waals surface area contributed by atoms with Crippen molar-refractivity contribution in [2.75, 3.05) is 7.11 Å². The molecule has 15 heavy (non-hydrogen) atoms. The van der Waals surface area contributed by atoms with Gasteiger partial charge in [0.25, 0.3) is 0 Å². The Hall–Kier alpha value is 0.630. The average Bonchev–Trinajstić information content (AvgIpc) is 2.74. The first-order valence-corrected chi connectivity index (χ1v) is 5.95. The van der Waals surface area contributed by atoms with Crippen LogP contribution in [0.5, 0.6) is 0 Å². The third-order valence-corrected chi connectivity index (χ3v) is 6.56. The third-order valence-electron chi connectivity index (χ3n) is 3.85. The minimum absolute atomic E-state index is 0.367. The van der Waals surface area contributed by atoms with Gasteiger partial charge in [0.05, 0.1) is 18.4 Å². The molecule has 0 aliphatic heterocycles. The number of hydrogen-bond acceptors (Lipinski definition) is 2. The van der Waals surface area contributed by atoms with Gasteiger partial charge in [-0.1, -0.05) is 60.3 Å². The van der Waals surface area contributed by atoms with Crippen LogP contribution in [0.15, 0.2) is 0 Å². The van der Waals surface area contributed by atoms with Crippen molar-refractivity contribution < 1.29 is 9.53 Å². The largest absolute Gasteiger partial charge is 0.469 e. The molecule has 0 bridgehead atoms. The van der Waals surface area contributed by atoms with Gasteiger partial charge in [-0.2, -0.15) is 0 Å². The summed E-state index contributed by atoms with van der Waals surface area (Å²) in [5, 5.41) is 0. The molecule has 2 aliphatic carbocycles. The van der Waals surface area contributed by atoms with Gasteiger partial charge in [0.15, 0.2) is 8.67 Å². The fraction of sp³-hybridized carbons (Fsp3) is 0.889. The van der Waals surface area contributed by atoms with Crippen LogP contribution in [0, 0.1) is 16.7 Å². The average molecular weight is 292 g/mol. The summed E-state index contributed by atoms with van der Waals surface area (Å²) in [4.78, 5) is 11.6. The lowest BCUT2D eigenvalue weighted by atomic mass is 10.1. The Balaban J connectivity index is 2.40. The lowest BCUT2D eigenvalue weighted by molar-refractivity contribution is -0.143. The Kier molecular flexibility index (Phi) is 2.19. The molecule has 0 aromatic heterocycles. The molecule has 2 aliphatic rings. The van der Waals surface area contributed by atoms with E-state index in [0.29, 0.717) is 0 Å². The van der Waals surface area contributed by atoms with Gasteiger partial charge in [-0.3, -0.25) is 4.79 Å². The third kappa shape index (κ3) is 0.910. The van der Waals surface area contributed by atoms with Crippen molar-refractivity contribution in [3.8, 4) is 0 Å². The Morgan fingerprint density at radius 3 is 1.73 bits per heavy atom. The zero-order valence-corrected chi connectivity index (χ0v) is 11.4. The molecule has 0 amide bonds. The van der Waals surface area contributed by atoms with Crippen LogP contribution < -0.4 is 0 Å². The van der Waals surface area contributed by atoms with E-state index in [1.54, 1.807) is 0 Å². The summed E-state index contributed by atoms with van der Waals surface area (Å²) >= 11 is 24.2. The van der Waals surface area contributed by atoms with E-state index in [9.17, 15) is 4.79 Å². The lowest BCUT2D eigenvalue weighted by Crippen LogP contribution is -2.08. The summed E-state index contributed by atoms with van der Waals surface area (Å²) in [5.41, 5.74) is -1.22. The fourth-order valence-corrected chi connectivity index (χ4v) is 5.54. The van der Waals surface area contributed by atoms with E-state index < -0.39 is 25.4 Å². The van der Waals surface area contributed by atoms with Crippen molar-refractivity contribution in [1.29, 1.82) is 0 Å². The van der Waals surface area contributed by atoms with Gasteiger partial charge >= 0.3 is 5.97 Å². The Labute approximate surface area is 108 Å². The van der Waals surface area contributed by atoms with Crippen molar-refractivity contribution in [2.45, 2.75) is 22.5 Å². The van der Waals surface area contributed by atoms with Crippen molar-refractivity contribution in [1.82, 2.24) is 0 Å². The minimum Gasteiger partial charge on any atom is -0.469 e. The summed E-state index contributed by atoms with van der Waals surface area (Å²) in [6, 6.07) is 0. The Morgan fingerprint density at radius 2 is 1.53 bits per heavy atom. The normalized spacial score (nSPS) is 36.1. The lowest BCUT2D eigenvalue weighted by Gasteiger charge is -1.99. The van der Waals surface area contributed by atoms with Crippen LogP contribution in [-0.4, -0.2) is 21.7 Å².